The second-order valence-corrected chi connectivity index (χ2v) is 8.05. The number of H-pyrrole nitrogens is 1. The largest absolute Gasteiger partial charge is 0.494 e. The van der Waals surface area contributed by atoms with Crippen molar-refractivity contribution in [3.63, 3.8) is 0 Å². The molecule has 0 fully saturated rings. The molecule has 1 aromatic carbocycles. The number of benzene rings is 1. The van der Waals surface area contributed by atoms with Crippen molar-refractivity contribution in [1.29, 1.82) is 0 Å². The Labute approximate surface area is 197 Å². The molecule has 180 valence electrons. The van der Waals surface area contributed by atoms with Crippen LogP contribution in [-0.2, 0) is 13.1 Å². The van der Waals surface area contributed by atoms with Crippen LogP contribution >= 0.6 is 0 Å². The summed E-state index contributed by atoms with van der Waals surface area (Å²) in [5.41, 5.74) is 1.24. The van der Waals surface area contributed by atoms with E-state index in [2.05, 4.69) is 32.3 Å². The smallest absolute Gasteiger partial charge is 0.252 e. The van der Waals surface area contributed by atoms with E-state index in [0.717, 1.165) is 28.8 Å². The van der Waals surface area contributed by atoms with Gasteiger partial charge in [0.1, 0.15) is 18.1 Å². The van der Waals surface area contributed by atoms with Crippen molar-refractivity contribution in [1.82, 2.24) is 30.1 Å². The van der Waals surface area contributed by atoms with Gasteiger partial charge in [-0.25, -0.2) is 4.68 Å². The minimum absolute atomic E-state index is 0.0517. The summed E-state index contributed by atoms with van der Waals surface area (Å²) in [5, 5.41) is 22.7. The molecule has 3 aromatic heterocycles. The normalized spacial score (nSPS) is 12.5. The molecule has 0 amide bonds. The second kappa shape index (κ2) is 11.1. The number of aliphatic hydroxyl groups is 1. The van der Waals surface area contributed by atoms with Gasteiger partial charge in [0.05, 0.1) is 18.9 Å². The summed E-state index contributed by atoms with van der Waals surface area (Å²) in [5.74, 6) is 2.20. The molecule has 0 aliphatic carbocycles. The van der Waals surface area contributed by atoms with Crippen molar-refractivity contribution >= 4 is 10.9 Å². The standard InChI is InChI=1S/C24H30N6O4/c1-3-22(23-26-27-28-30(23)16-20-7-5-12-34-20)29(10-6-11-31)15-18-13-17-14-19(33-4-2)8-9-21(17)25-24(18)32/h5,7-9,12-14,22,31H,3-4,6,10-11,15-16H2,1-2H3,(H,25,32)/t22-/m1/s1. The molecule has 0 spiro atoms. The van der Waals surface area contributed by atoms with Gasteiger partial charge in [-0.3, -0.25) is 9.69 Å². The molecule has 0 radical (unpaired) electrons. The van der Waals surface area contributed by atoms with Gasteiger partial charge in [0, 0.05) is 36.2 Å². The van der Waals surface area contributed by atoms with E-state index in [9.17, 15) is 9.90 Å². The van der Waals surface area contributed by atoms with Crippen LogP contribution in [0.3, 0.4) is 0 Å². The predicted octanol–water partition coefficient (Wildman–Crippen LogP) is 2.89. The number of rotatable bonds is 12. The molecule has 34 heavy (non-hydrogen) atoms. The lowest BCUT2D eigenvalue weighted by atomic mass is 10.1. The fourth-order valence-electron chi connectivity index (χ4n) is 4.16. The summed E-state index contributed by atoms with van der Waals surface area (Å²) >= 11 is 0. The van der Waals surface area contributed by atoms with E-state index >= 15 is 0 Å². The topological polar surface area (TPSA) is 122 Å². The predicted molar refractivity (Wildman–Crippen MR) is 127 cm³/mol. The zero-order valence-corrected chi connectivity index (χ0v) is 19.5. The molecular weight excluding hydrogens is 436 g/mol. The first-order valence-electron chi connectivity index (χ1n) is 11.5. The molecule has 3 heterocycles. The minimum Gasteiger partial charge on any atom is -0.494 e. The highest BCUT2D eigenvalue weighted by Gasteiger charge is 2.26. The van der Waals surface area contributed by atoms with Gasteiger partial charge in [-0.2, -0.15) is 0 Å². The summed E-state index contributed by atoms with van der Waals surface area (Å²) in [6, 6.07) is 11.1. The fourth-order valence-corrected chi connectivity index (χ4v) is 4.16. The molecule has 10 nitrogen and oxygen atoms in total. The van der Waals surface area contributed by atoms with E-state index in [1.54, 1.807) is 10.9 Å². The van der Waals surface area contributed by atoms with Crippen molar-refractivity contribution in [3.8, 4) is 5.75 Å². The van der Waals surface area contributed by atoms with Gasteiger partial charge < -0.3 is 19.2 Å². The molecule has 2 N–H and O–H groups in total. The number of aromatic nitrogens is 5. The van der Waals surface area contributed by atoms with E-state index in [-0.39, 0.29) is 18.2 Å². The SMILES string of the molecule is CCOc1ccc2[nH]c(=O)c(CN(CCCO)[C@H](CC)c3nnnn3Cc3ccco3)cc2c1. The zero-order chi connectivity index (χ0) is 23.9. The van der Waals surface area contributed by atoms with Gasteiger partial charge in [0.2, 0.25) is 0 Å². The number of fused-ring (bicyclic) bond motifs is 1. The van der Waals surface area contributed by atoms with E-state index in [1.165, 1.54) is 0 Å². The monoisotopic (exact) mass is 466 g/mol. The van der Waals surface area contributed by atoms with Gasteiger partial charge in [0.15, 0.2) is 5.82 Å². The van der Waals surface area contributed by atoms with Gasteiger partial charge >= 0.3 is 0 Å². The Balaban J connectivity index is 1.65. The van der Waals surface area contributed by atoms with E-state index < -0.39 is 0 Å². The van der Waals surface area contributed by atoms with Crippen LogP contribution in [0.25, 0.3) is 10.9 Å². The van der Waals surface area contributed by atoms with Crippen molar-refractivity contribution in [2.24, 2.45) is 0 Å². The quantitative estimate of drug-likeness (QED) is 0.327. The molecule has 0 aliphatic heterocycles. The Kier molecular flexibility index (Phi) is 7.71. The first kappa shape index (κ1) is 23.7. The molecule has 0 aliphatic rings. The third kappa shape index (κ3) is 5.35. The van der Waals surface area contributed by atoms with Crippen molar-refractivity contribution in [2.75, 3.05) is 19.8 Å². The molecule has 0 saturated carbocycles. The van der Waals surface area contributed by atoms with Crippen LogP contribution in [0, 0.1) is 0 Å². The third-order valence-electron chi connectivity index (χ3n) is 5.75. The number of nitrogens with one attached hydrogen (secondary N) is 1. The number of nitrogens with zero attached hydrogens (tertiary/aromatic N) is 5. The lowest BCUT2D eigenvalue weighted by Gasteiger charge is -2.30. The maximum atomic E-state index is 12.9. The molecule has 1 atom stereocenters. The summed E-state index contributed by atoms with van der Waals surface area (Å²) < 4.78 is 12.8. The molecule has 4 aromatic rings. The fraction of sp³-hybridized carbons (Fsp3) is 0.417. The summed E-state index contributed by atoms with van der Waals surface area (Å²) in [7, 11) is 0. The van der Waals surface area contributed by atoms with Gasteiger partial charge in [-0.1, -0.05) is 6.92 Å². The number of aliphatic hydroxyl groups excluding tert-OH is 1. The first-order valence-corrected chi connectivity index (χ1v) is 11.5. The van der Waals surface area contributed by atoms with Crippen LogP contribution in [0.2, 0.25) is 0 Å². The highest BCUT2D eigenvalue weighted by molar-refractivity contribution is 5.80. The van der Waals surface area contributed by atoms with Gasteiger partial charge in [-0.15, -0.1) is 5.10 Å². The van der Waals surface area contributed by atoms with Gasteiger partial charge in [0.25, 0.3) is 5.56 Å². The Bertz CT molecular complexity index is 1250. The van der Waals surface area contributed by atoms with E-state index in [1.807, 2.05) is 43.3 Å². The average molecular weight is 467 g/mol. The van der Waals surface area contributed by atoms with Crippen molar-refractivity contribution in [3.05, 3.63) is 70.2 Å². The number of aromatic amines is 1. The van der Waals surface area contributed by atoms with Crippen LogP contribution < -0.4 is 10.3 Å². The number of hydrogen-bond acceptors (Lipinski definition) is 8. The Morgan fingerprint density at radius 1 is 1.26 bits per heavy atom. The Morgan fingerprint density at radius 2 is 2.15 bits per heavy atom. The maximum absolute atomic E-state index is 12.9. The molecule has 10 heteroatoms. The minimum atomic E-state index is -0.152. The van der Waals surface area contributed by atoms with Crippen LogP contribution in [0.4, 0.5) is 0 Å². The Hall–Kier alpha value is -3.50. The average Bonchev–Trinajstić information content (AvgIpc) is 3.51. The summed E-state index contributed by atoms with van der Waals surface area (Å²) in [6.45, 7) is 6.00. The first-order chi connectivity index (χ1) is 16.6. The molecule has 4 rings (SSSR count). The van der Waals surface area contributed by atoms with Crippen LogP contribution in [0.1, 0.15) is 49.9 Å². The highest BCUT2D eigenvalue weighted by Crippen LogP contribution is 2.26. The third-order valence-corrected chi connectivity index (χ3v) is 5.75. The highest BCUT2D eigenvalue weighted by atomic mass is 16.5. The number of hydrogen-bond donors (Lipinski definition) is 2. The van der Waals surface area contributed by atoms with Gasteiger partial charge in [-0.05, 0) is 66.6 Å². The summed E-state index contributed by atoms with van der Waals surface area (Å²) in [4.78, 5) is 18.0. The lowest BCUT2D eigenvalue weighted by Crippen LogP contribution is -2.34. The number of tetrazole rings is 1. The number of ether oxygens (including phenoxy) is 1. The van der Waals surface area contributed by atoms with Crippen molar-refractivity contribution < 1.29 is 14.3 Å². The summed E-state index contributed by atoms with van der Waals surface area (Å²) in [6.07, 6.45) is 2.91. The van der Waals surface area contributed by atoms with Crippen molar-refractivity contribution in [2.45, 2.75) is 45.8 Å². The number of furan rings is 1. The van der Waals surface area contributed by atoms with Crippen LogP contribution in [-0.4, -0.2) is 55.0 Å². The molecule has 0 bridgehead atoms. The molecule has 0 saturated heterocycles. The van der Waals surface area contributed by atoms with Crippen LogP contribution in [0.5, 0.6) is 5.75 Å². The molecular formula is C24H30N6O4. The molecule has 0 unspecified atom stereocenters. The van der Waals surface area contributed by atoms with E-state index in [4.69, 9.17) is 9.15 Å². The van der Waals surface area contributed by atoms with Crippen LogP contribution in [0.15, 0.2) is 51.9 Å². The zero-order valence-electron chi connectivity index (χ0n) is 19.5. The lowest BCUT2D eigenvalue weighted by molar-refractivity contribution is 0.152. The number of pyridine rings is 1. The maximum Gasteiger partial charge on any atom is 0.252 e. The Morgan fingerprint density at radius 3 is 2.88 bits per heavy atom. The van der Waals surface area contributed by atoms with E-state index in [0.29, 0.717) is 44.0 Å². The second-order valence-electron chi connectivity index (χ2n) is 8.05.